The Morgan fingerprint density at radius 1 is 1.23 bits per heavy atom. The summed E-state index contributed by atoms with van der Waals surface area (Å²) in [6.45, 7) is 3.44. The highest BCUT2D eigenvalue weighted by Crippen LogP contribution is 2.25. The molecule has 0 saturated heterocycles. The number of rotatable bonds is 5. The Bertz CT molecular complexity index is 638. The Morgan fingerprint density at radius 2 is 2.05 bits per heavy atom. The normalized spacial score (nSPS) is 16.1. The molecule has 0 radical (unpaired) electrons. The zero-order valence-corrected chi connectivity index (χ0v) is 13.8. The fourth-order valence-electron chi connectivity index (χ4n) is 3.12. The van der Waals surface area contributed by atoms with Crippen LogP contribution < -0.4 is 10.1 Å². The Labute approximate surface area is 137 Å². The molecule has 1 heterocycles. The van der Waals surface area contributed by atoms with Crippen molar-refractivity contribution in [3.63, 3.8) is 0 Å². The van der Waals surface area contributed by atoms with Crippen LogP contribution in [0.15, 0.2) is 24.3 Å². The van der Waals surface area contributed by atoms with Gasteiger partial charge in [0.1, 0.15) is 10.9 Å². The fraction of sp³-hybridized carbons (Fsp3) is 0.500. The Balaban J connectivity index is 1.77. The third-order valence-electron chi connectivity index (χ3n) is 4.31. The zero-order valence-electron chi connectivity index (χ0n) is 13.1. The molecule has 1 fully saturated rings. The summed E-state index contributed by atoms with van der Waals surface area (Å²) >= 11 is 6.34. The average Bonchev–Trinajstić information content (AvgIpc) is 2.54. The molecule has 1 aromatic carbocycles. The van der Waals surface area contributed by atoms with E-state index in [-0.39, 0.29) is 0 Å². The second kappa shape index (κ2) is 7.30. The molecule has 1 aliphatic carbocycles. The average molecular weight is 319 g/mol. The first kappa shape index (κ1) is 15.6. The molecule has 2 aromatic rings. The van der Waals surface area contributed by atoms with Crippen LogP contribution in [0.4, 0.5) is 0 Å². The highest BCUT2D eigenvalue weighted by Gasteiger charge is 2.14. The molecule has 1 N–H and O–H groups in total. The Hall–Kier alpha value is -1.32. The van der Waals surface area contributed by atoms with Crippen molar-refractivity contribution in [2.75, 3.05) is 6.61 Å². The van der Waals surface area contributed by atoms with Gasteiger partial charge < -0.3 is 10.1 Å². The zero-order chi connectivity index (χ0) is 15.4. The molecular weight excluding hydrogens is 296 g/mol. The summed E-state index contributed by atoms with van der Waals surface area (Å²) in [6, 6.07) is 8.69. The van der Waals surface area contributed by atoms with Gasteiger partial charge in [-0.25, -0.2) is 4.98 Å². The summed E-state index contributed by atoms with van der Waals surface area (Å²) < 4.78 is 5.56. The highest BCUT2D eigenvalue weighted by molar-refractivity contribution is 6.30. The van der Waals surface area contributed by atoms with Crippen molar-refractivity contribution in [3.05, 3.63) is 35.0 Å². The molecule has 0 aliphatic heterocycles. The van der Waals surface area contributed by atoms with E-state index in [9.17, 15) is 0 Å². The number of pyridine rings is 1. The SMILES string of the molecule is CCOc1ccc2nc(Cl)c(CNC3CCCCC3)cc2c1. The van der Waals surface area contributed by atoms with Crippen LogP contribution in [0.1, 0.15) is 44.6 Å². The van der Waals surface area contributed by atoms with Crippen molar-refractivity contribution in [1.29, 1.82) is 0 Å². The van der Waals surface area contributed by atoms with Crippen LogP contribution in [0.3, 0.4) is 0 Å². The molecule has 0 bridgehead atoms. The van der Waals surface area contributed by atoms with Crippen molar-refractivity contribution < 1.29 is 4.74 Å². The van der Waals surface area contributed by atoms with E-state index >= 15 is 0 Å². The molecule has 1 aliphatic rings. The maximum Gasteiger partial charge on any atom is 0.134 e. The summed E-state index contributed by atoms with van der Waals surface area (Å²) in [4.78, 5) is 4.51. The molecule has 22 heavy (non-hydrogen) atoms. The molecule has 0 atom stereocenters. The number of nitrogens with one attached hydrogen (secondary N) is 1. The second-order valence-corrected chi connectivity index (χ2v) is 6.30. The fourth-order valence-corrected chi connectivity index (χ4v) is 3.33. The van der Waals surface area contributed by atoms with Crippen molar-refractivity contribution in [2.24, 2.45) is 0 Å². The molecular formula is C18H23ClN2O. The number of aromatic nitrogens is 1. The number of fused-ring (bicyclic) bond motifs is 1. The first-order chi connectivity index (χ1) is 10.8. The van der Waals surface area contributed by atoms with Crippen molar-refractivity contribution >= 4 is 22.5 Å². The quantitative estimate of drug-likeness (QED) is 0.811. The molecule has 3 nitrogen and oxygen atoms in total. The molecule has 0 unspecified atom stereocenters. The van der Waals surface area contributed by atoms with Crippen LogP contribution in [-0.2, 0) is 6.54 Å². The van der Waals surface area contributed by atoms with Crippen LogP contribution in [-0.4, -0.2) is 17.6 Å². The number of ether oxygens (including phenoxy) is 1. The molecule has 0 spiro atoms. The molecule has 3 rings (SSSR count). The maximum atomic E-state index is 6.34. The Kier molecular flexibility index (Phi) is 5.16. The summed E-state index contributed by atoms with van der Waals surface area (Å²) in [5, 5.41) is 5.30. The van der Waals surface area contributed by atoms with Gasteiger partial charge in [0, 0.05) is 23.5 Å². The second-order valence-electron chi connectivity index (χ2n) is 5.94. The van der Waals surface area contributed by atoms with Gasteiger partial charge in [-0.1, -0.05) is 30.9 Å². The first-order valence-corrected chi connectivity index (χ1v) is 8.59. The summed E-state index contributed by atoms with van der Waals surface area (Å²) in [5.41, 5.74) is 1.98. The number of hydrogen-bond acceptors (Lipinski definition) is 3. The maximum absolute atomic E-state index is 6.34. The van der Waals surface area contributed by atoms with E-state index in [1.54, 1.807) is 0 Å². The van der Waals surface area contributed by atoms with Gasteiger partial charge in [-0.15, -0.1) is 0 Å². The van der Waals surface area contributed by atoms with E-state index in [1.165, 1.54) is 32.1 Å². The van der Waals surface area contributed by atoms with Crippen molar-refractivity contribution in [1.82, 2.24) is 10.3 Å². The van der Waals surface area contributed by atoms with E-state index in [1.807, 2.05) is 25.1 Å². The Morgan fingerprint density at radius 3 is 2.82 bits per heavy atom. The predicted molar refractivity (Wildman–Crippen MR) is 91.6 cm³/mol. The lowest BCUT2D eigenvalue weighted by atomic mass is 9.95. The number of nitrogens with zero attached hydrogens (tertiary/aromatic N) is 1. The van der Waals surface area contributed by atoms with Gasteiger partial charge in [0.15, 0.2) is 0 Å². The summed E-state index contributed by atoms with van der Waals surface area (Å²) in [7, 11) is 0. The van der Waals surface area contributed by atoms with Crippen LogP contribution in [0.25, 0.3) is 10.9 Å². The van der Waals surface area contributed by atoms with Crippen LogP contribution >= 0.6 is 11.6 Å². The predicted octanol–water partition coefficient (Wildman–Crippen LogP) is 4.71. The van der Waals surface area contributed by atoms with Crippen LogP contribution in [0.5, 0.6) is 5.75 Å². The van der Waals surface area contributed by atoms with Gasteiger partial charge in [0.25, 0.3) is 0 Å². The minimum Gasteiger partial charge on any atom is -0.494 e. The van der Waals surface area contributed by atoms with E-state index < -0.39 is 0 Å². The molecule has 4 heteroatoms. The lowest BCUT2D eigenvalue weighted by molar-refractivity contribution is 0.340. The van der Waals surface area contributed by atoms with Crippen molar-refractivity contribution in [3.8, 4) is 5.75 Å². The van der Waals surface area contributed by atoms with E-state index in [4.69, 9.17) is 16.3 Å². The van der Waals surface area contributed by atoms with Crippen LogP contribution in [0, 0.1) is 0 Å². The number of halogens is 1. The smallest absolute Gasteiger partial charge is 0.134 e. The monoisotopic (exact) mass is 318 g/mol. The molecule has 1 aromatic heterocycles. The molecule has 0 amide bonds. The van der Waals surface area contributed by atoms with Gasteiger partial charge in [0.2, 0.25) is 0 Å². The van der Waals surface area contributed by atoms with Crippen LogP contribution in [0.2, 0.25) is 5.15 Å². The first-order valence-electron chi connectivity index (χ1n) is 8.21. The summed E-state index contributed by atoms with van der Waals surface area (Å²) in [6.07, 6.45) is 6.58. The van der Waals surface area contributed by atoms with Gasteiger partial charge in [-0.3, -0.25) is 0 Å². The topological polar surface area (TPSA) is 34.1 Å². The van der Waals surface area contributed by atoms with E-state index in [0.29, 0.717) is 17.8 Å². The standard InChI is InChI=1S/C18H23ClN2O/c1-2-22-16-8-9-17-13(11-16)10-14(18(19)21-17)12-20-15-6-4-3-5-7-15/h8-11,15,20H,2-7,12H2,1H3. The van der Waals surface area contributed by atoms with Gasteiger partial charge in [-0.2, -0.15) is 0 Å². The molecule has 118 valence electrons. The number of hydrogen-bond donors (Lipinski definition) is 1. The van der Waals surface area contributed by atoms with E-state index in [0.717, 1.165) is 28.8 Å². The largest absolute Gasteiger partial charge is 0.494 e. The van der Waals surface area contributed by atoms with Gasteiger partial charge in [0.05, 0.1) is 12.1 Å². The summed E-state index contributed by atoms with van der Waals surface area (Å²) in [5.74, 6) is 0.880. The minimum atomic E-state index is 0.597. The lowest BCUT2D eigenvalue weighted by Gasteiger charge is -2.23. The lowest BCUT2D eigenvalue weighted by Crippen LogP contribution is -2.30. The van der Waals surface area contributed by atoms with Gasteiger partial charge in [-0.05, 0) is 44.0 Å². The van der Waals surface area contributed by atoms with E-state index in [2.05, 4.69) is 16.4 Å². The van der Waals surface area contributed by atoms with Crippen molar-refractivity contribution in [2.45, 2.75) is 51.6 Å². The third-order valence-corrected chi connectivity index (χ3v) is 4.64. The minimum absolute atomic E-state index is 0.597. The number of benzene rings is 1. The molecule has 1 saturated carbocycles. The highest BCUT2D eigenvalue weighted by atomic mass is 35.5. The third kappa shape index (κ3) is 3.71. The van der Waals surface area contributed by atoms with Gasteiger partial charge >= 0.3 is 0 Å².